The van der Waals surface area contributed by atoms with Gasteiger partial charge in [0, 0.05) is 18.8 Å². The maximum Gasteiger partial charge on any atom is 0.417 e. The molecule has 3 aromatic rings. The molecule has 2 aromatic heterocycles. The van der Waals surface area contributed by atoms with Crippen LogP contribution in [0.25, 0.3) is 11.5 Å². The predicted octanol–water partition coefficient (Wildman–Crippen LogP) is 4.21. The molecule has 5 rings (SSSR count). The number of aromatic nitrogens is 4. The van der Waals surface area contributed by atoms with Crippen LogP contribution in [0.5, 0.6) is 5.75 Å². The number of amides is 1. The fourth-order valence-electron chi connectivity index (χ4n) is 4.28. The van der Waals surface area contributed by atoms with Crippen molar-refractivity contribution in [2.75, 3.05) is 13.2 Å². The summed E-state index contributed by atoms with van der Waals surface area (Å²) in [7, 11) is 0. The number of fused-ring (bicyclic) bond motifs is 4. The maximum absolute atomic E-state index is 13.4. The van der Waals surface area contributed by atoms with Gasteiger partial charge in [0.2, 0.25) is 0 Å². The molecule has 184 valence electrons. The van der Waals surface area contributed by atoms with Crippen molar-refractivity contribution in [1.82, 2.24) is 24.6 Å². The second kappa shape index (κ2) is 8.72. The van der Waals surface area contributed by atoms with E-state index in [4.69, 9.17) is 16.3 Å². The average Bonchev–Trinajstić information content (AvgIpc) is 3.21. The van der Waals surface area contributed by atoms with Crippen molar-refractivity contribution in [2.24, 2.45) is 0 Å². The summed E-state index contributed by atoms with van der Waals surface area (Å²) in [5, 5.41) is 7.58. The Bertz CT molecular complexity index is 1280. The van der Waals surface area contributed by atoms with Gasteiger partial charge in [-0.05, 0) is 18.2 Å². The van der Waals surface area contributed by atoms with Gasteiger partial charge in [0.15, 0.2) is 11.6 Å². The van der Waals surface area contributed by atoms with E-state index in [1.807, 2.05) is 0 Å². The first kappa shape index (κ1) is 23.4. The molecule has 2 aliphatic rings. The van der Waals surface area contributed by atoms with Gasteiger partial charge in [-0.3, -0.25) is 9.78 Å². The molecule has 0 N–H and O–H groups in total. The summed E-state index contributed by atoms with van der Waals surface area (Å²) in [5.74, 6) is -0.228. The molecule has 14 heteroatoms. The molecule has 4 heterocycles. The molecule has 2 aliphatic heterocycles. The molecule has 0 spiro atoms. The highest BCUT2D eigenvalue weighted by molar-refractivity contribution is 6.34. The van der Waals surface area contributed by atoms with Crippen LogP contribution in [-0.2, 0) is 17.5 Å². The Labute approximate surface area is 199 Å². The summed E-state index contributed by atoms with van der Waals surface area (Å²) in [6.45, 7) is -2.74. The summed E-state index contributed by atoms with van der Waals surface area (Å²) >= 11 is 5.99. The Morgan fingerprint density at radius 3 is 2.74 bits per heavy atom. The molecule has 2 bridgehead atoms. The summed E-state index contributed by atoms with van der Waals surface area (Å²) in [6, 6.07) is 4.39. The van der Waals surface area contributed by atoms with E-state index in [1.165, 1.54) is 29.3 Å². The minimum atomic E-state index is -4.72. The van der Waals surface area contributed by atoms with Crippen LogP contribution >= 0.6 is 11.6 Å². The van der Waals surface area contributed by atoms with Crippen molar-refractivity contribution in [1.29, 1.82) is 0 Å². The lowest BCUT2D eigenvalue weighted by Crippen LogP contribution is -2.56. The van der Waals surface area contributed by atoms with Crippen molar-refractivity contribution >= 4 is 17.5 Å². The minimum Gasteiger partial charge on any atom is -0.435 e. The highest BCUT2D eigenvalue weighted by Gasteiger charge is 2.45. The topological polar surface area (TPSA) is 82.4 Å². The second-order valence-corrected chi connectivity index (χ2v) is 8.21. The van der Waals surface area contributed by atoms with E-state index in [1.54, 1.807) is 4.57 Å². The zero-order valence-electron chi connectivity index (χ0n) is 17.5. The fraction of sp³-hybridized carbons (Fsp3) is 0.333. The number of nitrogens with zero attached hydrogens (tertiary/aromatic N) is 5. The van der Waals surface area contributed by atoms with Crippen LogP contribution in [0, 0.1) is 0 Å². The third-order valence-electron chi connectivity index (χ3n) is 5.74. The highest BCUT2D eigenvalue weighted by atomic mass is 35.5. The lowest BCUT2D eigenvalue weighted by molar-refractivity contribution is -0.137. The van der Waals surface area contributed by atoms with Crippen LogP contribution in [-0.4, -0.2) is 56.4 Å². The number of carbonyl (C=O) groups excluding carboxylic acids is 1. The zero-order chi connectivity index (χ0) is 24.9. The average molecular weight is 516 g/mol. The van der Waals surface area contributed by atoms with E-state index in [0.29, 0.717) is 5.82 Å². The van der Waals surface area contributed by atoms with Gasteiger partial charge in [0.05, 0.1) is 35.4 Å². The number of hydrogen-bond donors (Lipinski definition) is 0. The molecule has 0 unspecified atom stereocenters. The van der Waals surface area contributed by atoms with Crippen molar-refractivity contribution in [2.45, 2.75) is 31.4 Å². The third kappa shape index (κ3) is 4.18. The molecule has 2 atom stereocenters. The monoisotopic (exact) mass is 515 g/mol. The van der Waals surface area contributed by atoms with Crippen molar-refractivity contribution < 1.29 is 36.2 Å². The Morgan fingerprint density at radius 2 is 2.00 bits per heavy atom. The SMILES string of the molecule is O=C(c1cccc(C(F)(F)F)c1Cl)N1[C@H]2COC[C@@H]1c1nnc(-c3cc(OC(F)F)ccn3)n1C2. The van der Waals surface area contributed by atoms with Crippen LogP contribution in [0.4, 0.5) is 22.0 Å². The summed E-state index contributed by atoms with van der Waals surface area (Å²) in [4.78, 5) is 19.0. The molecule has 0 saturated carbocycles. The molecule has 1 aromatic carbocycles. The van der Waals surface area contributed by atoms with E-state index in [9.17, 15) is 26.7 Å². The number of hydrogen-bond acceptors (Lipinski definition) is 6. The highest BCUT2D eigenvalue weighted by Crippen LogP contribution is 2.40. The Kier molecular flexibility index (Phi) is 5.83. The Hall–Kier alpha value is -3.32. The first-order valence-electron chi connectivity index (χ1n) is 10.3. The molecular formula is C21H15ClF5N5O3. The summed E-state index contributed by atoms with van der Waals surface area (Å²) in [6.07, 6.45) is -3.44. The maximum atomic E-state index is 13.4. The van der Waals surface area contributed by atoms with E-state index in [-0.39, 0.29) is 42.6 Å². The van der Waals surface area contributed by atoms with Crippen LogP contribution in [0.2, 0.25) is 5.02 Å². The van der Waals surface area contributed by atoms with Gasteiger partial charge in [-0.15, -0.1) is 10.2 Å². The smallest absolute Gasteiger partial charge is 0.417 e. The fourth-order valence-corrected chi connectivity index (χ4v) is 4.60. The van der Waals surface area contributed by atoms with E-state index in [2.05, 4.69) is 19.9 Å². The molecule has 0 aliphatic carbocycles. The van der Waals surface area contributed by atoms with Crippen molar-refractivity contribution in [3.63, 3.8) is 0 Å². The van der Waals surface area contributed by atoms with Crippen molar-refractivity contribution in [3.05, 3.63) is 58.5 Å². The minimum absolute atomic E-state index is 0.0267. The summed E-state index contributed by atoms with van der Waals surface area (Å²) in [5.41, 5.74) is -1.17. The number of ether oxygens (including phenoxy) is 2. The van der Waals surface area contributed by atoms with Gasteiger partial charge >= 0.3 is 12.8 Å². The first-order valence-corrected chi connectivity index (χ1v) is 10.6. The van der Waals surface area contributed by atoms with Gasteiger partial charge in [0.1, 0.15) is 17.5 Å². The van der Waals surface area contributed by atoms with Crippen LogP contribution in [0.3, 0.4) is 0 Å². The van der Waals surface area contributed by atoms with Crippen LogP contribution < -0.4 is 4.74 Å². The van der Waals surface area contributed by atoms with Gasteiger partial charge < -0.3 is 18.9 Å². The molecule has 0 radical (unpaired) electrons. The lowest BCUT2D eigenvalue weighted by Gasteiger charge is -2.45. The second-order valence-electron chi connectivity index (χ2n) is 7.83. The van der Waals surface area contributed by atoms with Crippen molar-refractivity contribution in [3.8, 4) is 17.3 Å². The van der Waals surface area contributed by atoms with Gasteiger partial charge in [0.25, 0.3) is 5.91 Å². The number of alkyl halides is 5. The zero-order valence-corrected chi connectivity index (χ0v) is 18.3. The number of halogens is 6. The molecule has 1 saturated heterocycles. The largest absolute Gasteiger partial charge is 0.435 e. The Balaban J connectivity index is 1.51. The van der Waals surface area contributed by atoms with E-state index < -0.39 is 41.4 Å². The summed E-state index contributed by atoms with van der Waals surface area (Å²) < 4.78 is 76.8. The number of rotatable bonds is 4. The normalized spacial score (nSPS) is 19.6. The lowest BCUT2D eigenvalue weighted by atomic mass is 10.0. The first-order chi connectivity index (χ1) is 16.6. The predicted molar refractivity (Wildman–Crippen MR) is 110 cm³/mol. The van der Waals surface area contributed by atoms with E-state index >= 15 is 0 Å². The standard InChI is InChI=1S/C21H15ClF5N5O3/c22-16-12(2-1-3-13(16)21(25,26)27)19(33)32-10-7-31-17(29-30-18(31)15(32)9-34-8-10)14-6-11(4-5-28-14)35-20(23)24/h1-6,10,15,20H,7-9H2/t10-,15-/m1/s1. The van der Waals surface area contributed by atoms with Crippen LogP contribution in [0.1, 0.15) is 27.8 Å². The van der Waals surface area contributed by atoms with Gasteiger partial charge in [-0.1, -0.05) is 17.7 Å². The Morgan fingerprint density at radius 1 is 1.20 bits per heavy atom. The molecule has 1 amide bonds. The number of pyridine rings is 1. The van der Waals surface area contributed by atoms with Gasteiger partial charge in [-0.2, -0.15) is 22.0 Å². The van der Waals surface area contributed by atoms with E-state index in [0.717, 1.165) is 12.1 Å². The van der Waals surface area contributed by atoms with Crippen LogP contribution in [0.15, 0.2) is 36.5 Å². The number of morpholine rings is 1. The quantitative estimate of drug-likeness (QED) is 0.484. The third-order valence-corrected chi connectivity index (χ3v) is 6.15. The molecule has 1 fully saturated rings. The number of carbonyl (C=O) groups is 1. The molecule has 8 nitrogen and oxygen atoms in total. The van der Waals surface area contributed by atoms with Gasteiger partial charge in [-0.25, -0.2) is 0 Å². The number of benzene rings is 1. The molecular weight excluding hydrogens is 501 g/mol. The molecule has 35 heavy (non-hydrogen) atoms.